The number of rotatable bonds is 5. The number of pyridine rings is 3. The molecule has 5 heterocycles. The van der Waals surface area contributed by atoms with Crippen molar-refractivity contribution in [2.45, 2.75) is 0 Å². The van der Waals surface area contributed by atoms with Crippen LogP contribution in [-0.4, -0.2) is 57.0 Å². The number of nitrogens with one attached hydrogen (secondary N) is 3. The second kappa shape index (κ2) is 9.48. The number of aromatic nitrogens is 5. The summed E-state index contributed by atoms with van der Waals surface area (Å²) in [5.41, 5.74) is 3.04. The van der Waals surface area contributed by atoms with E-state index in [4.69, 9.17) is 6.42 Å². The summed E-state index contributed by atoms with van der Waals surface area (Å²) in [6.07, 6.45) is 11.9. The molecule has 0 atom stereocenters. The van der Waals surface area contributed by atoms with E-state index in [1.807, 2.05) is 24.1 Å². The van der Waals surface area contributed by atoms with Gasteiger partial charge < -0.3 is 20.9 Å². The molecule has 1 fully saturated rings. The predicted molar refractivity (Wildman–Crippen MR) is 131 cm³/mol. The molecule has 1 aliphatic rings. The Balaban J connectivity index is 1.41. The molecule has 4 aromatic heterocycles. The van der Waals surface area contributed by atoms with E-state index in [0.717, 1.165) is 43.1 Å². The van der Waals surface area contributed by atoms with Gasteiger partial charge in [0.2, 0.25) is 5.95 Å². The molecule has 1 amide bonds. The van der Waals surface area contributed by atoms with Crippen LogP contribution in [0.15, 0.2) is 55.1 Å². The normalized spacial score (nSPS) is 13.3. The highest BCUT2D eigenvalue weighted by Crippen LogP contribution is 2.26. The van der Waals surface area contributed by atoms with Crippen molar-refractivity contribution in [3.63, 3.8) is 0 Å². The first-order valence-corrected chi connectivity index (χ1v) is 10.7. The maximum Gasteiger partial charge on any atom is 0.300 e. The van der Waals surface area contributed by atoms with Gasteiger partial charge in [-0.15, -0.1) is 6.42 Å². The first-order valence-electron chi connectivity index (χ1n) is 10.7. The Hall–Kier alpha value is -4.62. The summed E-state index contributed by atoms with van der Waals surface area (Å²) < 4.78 is 0. The largest absolute Gasteiger partial charge is 0.354 e. The molecular formula is C24H21N9O. The summed E-state index contributed by atoms with van der Waals surface area (Å²) in [6.45, 7) is 3.78. The van der Waals surface area contributed by atoms with Crippen molar-refractivity contribution in [3.05, 3.63) is 55.1 Å². The number of carbonyl (C=O) groups is 1. The van der Waals surface area contributed by atoms with Crippen LogP contribution in [0, 0.1) is 12.3 Å². The van der Waals surface area contributed by atoms with Crippen LogP contribution < -0.4 is 20.9 Å². The molecule has 168 valence electrons. The molecule has 4 aromatic rings. The van der Waals surface area contributed by atoms with E-state index in [2.05, 4.69) is 45.8 Å². The number of carbonyl (C=O) groups excluding carboxylic acids is 1. The van der Waals surface area contributed by atoms with Gasteiger partial charge in [-0.05, 0) is 36.3 Å². The Morgan fingerprint density at radius 2 is 1.85 bits per heavy atom. The second-order valence-electron chi connectivity index (χ2n) is 7.59. The Bertz CT molecular complexity index is 1380. The summed E-state index contributed by atoms with van der Waals surface area (Å²) in [5.74, 6) is 2.85. The molecule has 0 spiro atoms. The number of amides is 1. The van der Waals surface area contributed by atoms with Crippen LogP contribution in [0.3, 0.4) is 0 Å². The molecule has 0 saturated carbocycles. The van der Waals surface area contributed by atoms with E-state index in [1.165, 1.54) is 0 Å². The highest BCUT2D eigenvalue weighted by Gasteiger charge is 2.13. The van der Waals surface area contributed by atoms with Crippen LogP contribution in [0.1, 0.15) is 0 Å². The number of anilines is 4. The molecule has 0 aliphatic carbocycles. The molecule has 0 bridgehead atoms. The van der Waals surface area contributed by atoms with E-state index in [-0.39, 0.29) is 0 Å². The SMILES string of the molecule is C#CC(=O)Nc1ccnc(-c2nccc3cnc(Nc4ccc(N5CCNCC5)nc4)nc23)c1. The third kappa shape index (κ3) is 4.60. The van der Waals surface area contributed by atoms with Gasteiger partial charge in [0.1, 0.15) is 17.0 Å². The minimum atomic E-state index is -0.534. The van der Waals surface area contributed by atoms with Crippen LogP contribution in [0.4, 0.5) is 23.1 Å². The van der Waals surface area contributed by atoms with Gasteiger partial charge in [-0.2, -0.15) is 0 Å². The van der Waals surface area contributed by atoms with E-state index < -0.39 is 5.91 Å². The molecule has 10 nitrogen and oxygen atoms in total. The number of terminal acetylenes is 1. The summed E-state index contributed by atoms with van der Waals surface area (Å²) in [4.78, 5) is 36.3. The van der Waals surface area contributed by atoms with Crippen LogP contribution in [0.5, 0.6) is 0 Å². The van der Waals surface area contributed by atoms with Crippen LogP contribution in [0.25, 0.3) is 22.3 Å². The molecule has 5 rings (SSSR count). The van der Waals surface area contributed by atoms with Crippen molar-refractivity contribution in [2.75, 3.05) is 41.7 Å². The molecule has 0 radical (unpaired) electrons. The number of nitrogens with zero attached hydrogens (tertiary/aromatic N) is 6. The number of hydrogen-bond donors (Lipinski definition) is 3. The van der Waals surface area contributed by atoms with Gasteiger partial charge in [-0.3, -0.25) is 14.8 Å². The molecule has 10 heteroatoms. The average Bonchev–Trinajstić information content (AvgIpc) is 2.89. The zero-order valence-corrected chi connectivity index (χ0v) is 18.2. The first kappa shape index (κ1) is 21.2. The second-order valence-corrected chi connectivity index (χ2v) is 7.59. The lowest BCUT2D eigenvalue weighted by Gasteiger charge is -2.28. The highest BCUT2D eigenvalue weighted by atomic mass is 16.1. The average molecular weight is 451 g/mol. The minimum absolute atomic E-state index is 0.412. The topological polar surface area (TPSA) is 121 Å². The van der Waals surface area contributed by atoms with Gasteiger partial charge in [0, 0.05) is 55.8 Å². The summed E-state index contributed by atoms with van der Waals surface area (Å²) >= 11 is 0. The number of fused-ring (bicyclic) bond motifs is 1. The van der Waals surface area contributed by atoms with E-state index in [9.17, 15) is 4.79 Å². The zero-order valence-electron chi connectivity index (χ0n) is 18.2. The van der Waals surface area contributed by atoms with Crippen molar-refractivity contribution in [1.82, 2.24) is 30.2 Å². The molecule has 0 unspecified atom stereocenters. The lowest BCUT2D eigenvalue weighted by Crippen LogP contribution is -2.43. The van der Waals surface area contributed by atoms with Crippen molar-refractivity contribution in [2.24, 2.45) is 0 Å². The number of hydrogen-bond acceptors (Lipinski definition) is 9. The Labute approximate surface area is 195 Å². The number of piperazine rings is 1. The molecule has 1 aliphatic heterocycles. The van der Waals surface area contributed by atoms with Gasteiger partial charge >= 0.3 is 0 Å². The third-order valence-electron chi connectivity index (χ3n) is 5.34. The van der Waals surface area contributed by atoms with Crippen LogP contribution in [-0.2, 0) is 4.79 Å². The lowest BCUT2D eigenvalue weighted by molar-refractivity contribution is -0.111. The van der Waals surface area contributed by atoms with Crippen LogP contribution >= 0.6 is 0 Å². The molecular weight excluding hydrogens is 430 g/mol. The first-order chi connectivity index (χ1) is 16.7. The highest BCUT2D eigenvalue weighted by molar-refractivity contribution is 6.03. The maximum atomic E-state index is 11.5. The Morgan fingerprint density at radius 1 is 1.00 bits per heavy atom. The molecule has 1 saturated heterocycles. The third-order valence-corrected chi connectivity index (χ3v) is 5.34. The monoisotopic (exact) mass is 451 g/mol. The van der Waals surface area contributed by atoms with Crippen LogP contribution in [0.2, 0.25) is 0 Å². The Morgan fingerprint density at radius 3 is 2.65 bits per heavy atom. The zero-order chi connectivity index (χ0) is 23.3. The van der Waals surface area contributed by atoms with Gasteiger partial charge in [-0.1, -0.05) is 0 Å². The Kier molecular flexibility index (Phi) is 5.92. The molecule has 0 aromatic carbocycles. The fourth-order valence-corrected chi connectivity index (χ4v) is 3.68. The predicted octanol–water partition coefficient (Wildman–Crippen LogP) is 2.21. The van der Waals surface area contributed by atoms with Gasteiger partial charge in [0.25, 0.3) is 5.91 Å². The van der Waals surface area contributed by atoms with Crippen molar-refractivity contribution < 1.29 is 4.79 Å². The van der Waals surface area contributed by atoms with Crippen molar-refractivity contribution in [1.29, 1.82) is 0 Å². The van der Waals surface area contributed by atoms with Gasteiger partial charge in [-0.25, -0.2) is 15.0 Å². The van der Waals surface area contributed by atoms with Crippen molar-refractivity contribution in [3.8, 4) is 23.7 Å². The van der Waals surface area contributed by atoms with Crippen molar-refractivity contribution >= 4 is 40.0 Å². The lowest BCUT2D eigenvalue weighted by atomic mass is 10.1. The molecule has 34 heavy (non-hydrogen) atoms. The van der Waals surface area contributed by atoms with E-state index in [1.54, 1.807) is 36.9 Å². The summed E-state index contributed by atoms with van der Waals surface area (Å²) in [6, 6.07) is 9.13. The quantitative estimate of drug-likeness (QED) is 0.392. The molecule has 3 N–H and O–H groups in total. The maximum absolute atomic E-state index is 11.5. The van der Waals surface area contributed by atoms with Gasteiger partial charge in [0.15, 0.2) is 0 Å². The van der Waals surface area contributed by atoms with Gasteiger partial charge in [0.05, 0.1) is 17.6 Å². The van der Waals surface area contributed by atoms with E-state index in [0.29, 0.717) is 28.5 Å². The fraction of sp³-hybridized carbons (Fsp3) is 0.167. The summed E-state index contributed by atoms with van der Waals surface area (Å²) in [5, 5.41) is 9.97. The minimum Gasteiger partial charge on any atom is -0.354 e. The smallest absolute Gasteiger partial charge is 0.300 e. The fourth-order valence-electron chi connectivity index (χ4n) is 3.68. The van der Waals surface area contributed by atoms with E-state index >= 15 is 0 Å². The summed E-state index contributed by atoms with van der Waals surface area (Å²) in [7, 11) is 0. The standard InChI is InChI=1S/C24H21N9O/c1-2-21(34)30-17-6-8-26-19(13-17)23-22-16(5-7-27-23)14-29-24(32-22)31-18-3-4-20(28-15-18)33-11-9-25-10-12-33/h1,3-8,13-15,25H,9-12H2,(H,26,30,34)(H,29,31,32).